The quantitative estimate of drug-likeness (QED) is 0.476. The fourth-order valence-corrected chi connectivity index (χ4v) is 3.82. The normalized spacial score (nSPS) is 11.4. The summed E-state index contributed by atoms with van der Waals surface area (Å²) in [5.74, 6) is -0.270. The molecule has 3 rings (SSSR count). The zero-order chi connectivity index (χ0) is 21.9. The Balaban J connectivity index is 1.61. The second kappa shape index (κ2) is 9.06. The molecule has 1 heterocycles. The van der Waals surface area contributed by atoms with E-state index in [1.54, 1.807) is 0 Å². The molecule has 0 unspecified atom stereocenters. The van der Waals surface area contributed by atoms with E-state index in [4.69, 9.17) is 11.6 Å². The molecule has 0 bridgehead atoms. The molecule has 1 amide bonds. The van der Waals surface area contributed by atoms with Crippen molar-refractivity contribution in [3.05, 3.63) is 74.7 Å². The predicted molar refractivity (Wildman–Crippen MR) is 114 cm³/mol. The van der Waals surface area contributed by atoms with Crippen LogP contribution < -0.4 is 10.6 Å². The van der Waals surface area contributed by atoms with E-state index in [1.165, 1.54) is 23.6 Å². The lowest BCUT2D eigenvalue weighted by Gasteiger charge is -2.10. The van der Waals surface area contributed by atoms with Crippen molar-refractivity contribution in [3.63, 3.8) is 0 Å². The van der Waals surface area contributed by atoms with Crippen molar-refractivity contribution in [1.29, 1.82) is 0 Å². The van der Waals surface area contributed by atoms with Crippen molar-refractivity contribution >= 4 is 39.7 Å². The summed E-state index contributed by atoms with van der Waals surface area (Å²) in [6, 6.07) is 9.16. The number of aromatic nitrogens is 1. The first-order valence-corrected chi connectivity index (χ1v) is 10.2. The van der Waals surface area contributed by atoms with Gasteiger partial charge in [-0.2, -0.15) is 13.2 Å². The van der Waals surface area contributed by atoms with Gasteiger partial charge in [0.05, 0.1) is 12.1 Å². The maximum Gasteiger partial charge on any atom is 0.416 e. The Hall–Kier alpha value is -2.58. The summed E-state index contributed by atoms with van der Waals surface area (Å²) in [7, 11) is 0. The fraction of sp³-hybridized carbons (Fsp3) is 0.238. The van der Waals surface area contributed by atoms with Gasteiger partial charge in [0.25, 0.3) is 0 Å². The van der Waals surface area contributed by atoms with Crippen LogP contribution in [0.1, 0.15) is 27.1 Å². The van der Waals surface area contributed by atoms with Gasteiger partial charge in [-0.1, -0.05) is 23.7 Å². The molecule has 4 nitrogen and oxygen atoms in total. The third-order valence-electron chi connectivity index (χ3n) is 4.37. The number of hydrogen-bond acceptors (Lipinski definition) is 4. The van der Waals surface area contributed by atoms with E-state index in [9.17, 15) is 18.0 Å². The Bertz CT molecular complexity index is 1070. The number of carbonyl (C=O) groups excluding carboxylic acids is 1. The van der Waals surface area contributed by atoms with E-state index in [1.807, 2.05) is 32.0 Å². The molecule has 0 fully saturated rings. The van der Waals surface area contributed by atoms with Crippen LogP contribution >= 0.6 is 22.9 Å². The number of halogens is 4. The summed E-state index contributed by atoms with van der Waals surface area (Å²) in [4.78, 5) is 17.0. The molecule has 0 aliphatic heterocycles. The summed E-state index contributed by atoms with van der Waals surface area (Å²) in [6.07, 6.45) is -2.72. The van der Waals surface area contributed by atoms with Gasteiger partial charge in [-0.3, -0.25) is 4.79 Å². The van der Waals surface area contributed by atoms with E-state index < -0.39 is 11.7 Å². The van der Waals surface area contributed by atoms with Crippen molar-refractivity contribution in [3.8, 4) is 0 Å². The fourth-order valence-electron chi connectivity index (χ4n) is 2.79. The van der Waals surface area contributed by atoms with Gasteiger partial charge in [0, 0.05) is 28.2 Å². The molecule has 9 heteroatoms. The molecule has 0 saturated carbocycles. The number of nitrogens with zero attached hydrogens (tertiary/aromatic N) is 1. The molecule has 1 aromatic heterocycles. The lowest BCUT2D eigenvalue weighted by molar-refractivity contribution is -0.137. The zero-order valence-electron chi connectivity index (χ0n) is 16.2. The van der Waals surface area contributed by atoms with Crippen LogP contribution in [0.15, 0.2) is 42.6 Å². The minimum absolute atomic E-state index is 0.0681. The number of nitrogens with one attached hydrogen (secondary N) is 2. The van der Waals surface area contributed by atoms with E-state index in [-0.39, 0.29) is 23.9 Å². The lowest BCUT2D eigenvalue weighted by atomic mass is 10.1. The largest absolute Gasteiger partial charge is 0.416 e. The first kappa shape index (κ1) is 22.1. The maximum absolute atomic E-state index is 12.9. The van der Waals surface area contributed by atoms with Gasteiger partial charge in [0.15, 0.2) is 5.13 Å². The number of hydrogen-bond donors (Lipinski definition) is 2. The van der Waals surface area contributed by atoms with Crippen LogP contribution in [0, 0.1) is 13.8 Å². The van der Waals surface area contributed by atoms with E-state index in [0.717, 1.165) is 28.9 Å². The molecular weight excluding hydrogens is 435 g/mol. The third kappa shape index (κ3) is 5.73. The number of aryl methyl sites for hydroxylation is 2. The average Bonchev–Trinajstić information content (AvgIpc) is 3.10. The van der Waals surface area contributed by atoms with Crippen LogP contribution in [0.2, 0.25) is 5.02 Å². The second-order valence-electron chi connectivity index (χ2n) is 6.83. The minimum Gasteiger partial charge on any atom is -0.376 e. The monoisotopic (exact) mass is 453 g/mol. The number of anilines is 2. The summed E-state index contributed by atoms with van der Waals surface area (Å²) >= 11 is 7.24. The standard InChI is InChI=1S/C21H19ClF3N3OS/c1-12-3-4-13(2)18(7-12)26-11-19(29)28-20-27-10-16(30-20)9-14-8-15(21(23,24)25)5-6-17(14)22/h3-8,10,26H,9,11H2,1-2H3,(H,27,28,29). The molecule has 2 N–H and O–H groups in total. The van der Waals surface area contributed by atoms with Crippen molar-refractivity contribution in [2.75, 3.05) is 17.2 Å². The second-order valence-corrected chi connectivity index (χ2v) is 8.35. The van der Waals surface area contributed by atoms with Crippen LogP contribution in [-0.2, 0) is 17.4 Å². The van der Waals surface area contributed by atoms with Crippen LogP contribution in [0.25, 0.3) is 0 Å². The molecular formula is C21H19ClF3N3OS. The van der Waals surface area contributed by atoms with Crippen LogP contribution in [0.5, 0.6) is 0 Å². The van der Waals surface area contributed by atoms with Crippen LogP contribution in [0.3, 0.4) is 0 Å². The molecule has 0 aliphatic rings. The number of amides is 1. The number of thiazole rings is 1. The first-order valence-electron chi connectivity index (χ1n) is 9.03. The van der Waals surface area contributed by atoms with Crippen LogP contribution in [0.4, 0.5) is 24.0 Å². The highest BCUT2D eigenvalue weighted by molar-refractivity contribution is 7.15. The van der Waals surface area contributed by atoms with Gasteiger partial charge in [0.2, 0.25) is 5.91 Å². The molecule has 2 aromatic carbocycles. The van der Waals surface area contributed by atoms with Gasteiger partial charge in [-0.25, -0.2) is 4.98 Å². The van der Waals surface area contributed by atoms with Gasteiger partial charge in [0.1, 0.15) is 0 Å². The molecule has 0 aliphatic carbocycles. The molecule has 0 saturated heterocycles. The maximum atomic E-state index is 12.9. The van der Waals surface area contributed by atoms with Crippen molar-refractivity contribution in [2.45, 2.75) is 26.4 Å². The Kier molecular flexibility index (Phi) is 6.67. The summed E-state index contributed by atoms with van der Waals surface area (Å²) in [5.41, 5.74) is 2.59. The van der Waals surface area contributed by atoms with Crippen molar-refractivity contribution < 1.29 is 18.0 Å². The Labute approximate surface area is 181 Å². The van der Waals surface area contributed by atoms with Crippen LogP contribution in [-0.4, -0.2) is 17.4 Å². The van der Waals surface area contributed by atoms with Gasteiger partial charge in [-0.05, 0) is 54.8 Å². The molecule has 0 spiro atoms. The lowest BCUT2D eigenvalue weighted by Crippen LogP contribution is -2.22. The first-order chi connectivity index (χ1) is 14.1. The highest BCUT2D eigenvalue weighted by atomic mass is 35.5. The smallest absolute Gasteiger partial charge is 0.376 e. The van der Waals surface area contributed by atoms with Crippen molar-refractivity contribution in [2.24, 2.45) is 0 Å². The summed E-state index contributed by atoms with van der Waals surface area (Å²) in [6.45, 7) is 3.99. The number of rotatable bonds is 6. The summed E-state index contributed by atoms with van der Waals surface area (Å²) in [5, 5.41) is 6.41. The van der Waals surface area contributed by atoms with E-state index in [2.05, 4.69) is 15.6 Å². The predicted octanol–water partition coefficient (Wildman–Crippen LogP) is 6.07. The Morgan fingerprint density at radius 1 is 1.17 bits per heavy atom. The molecule has 0 radical (unpaired) electrons. The number of carbonyl (C=O) groups is 1. The van der Waals surface area contributed by atoms with Gasteiger partial charge < -0.3 is 10.6 Å². The SMILES string of the molecule is Cc1ccc(C)c(NCC(=O)Nc2ncc(Cc3cc(C(F)(F)F)ccc3Cl)s2)c1. The molecule has 158 valence electrons. The molecule has 3 aromatic rings. The number of alkyl halides is 3. The highest BCUT2D eigenvalue weighted by Gasteiger charge is 2.30. The average molecular weight is 454 g/mol. The molecule has 0 atom stereocenters. The highest BCUT2D eigenvalue weighted by Crippen LogP contribution is 2.33. The van der Waals surface area contributed by atoms with E-state index in [0.29, 0.717) is 15.6 Å². The third-order valence-corrected chi connectivity index (χ3v) is 5.65. The minimum atomic E-state index is -4.44. The molecule has 30 heavy (non-hydrogen) atoms. The Morgan fingerprint density at radius 2 is 1.93 bits per heavy atom. The summed E-state index contributed by atoms with van der Waals surface area (Å²) < 4.78 is 38.8. The van der Waals surface area contributed by atoms with E-state index >= 15 is 0 Å². The van der Waals surface area contributed by atoms with Gasteiger partial charge in [-0.15, -0.1) is 11.3 Å². The number of benzene rings is 2. The topological polar surface area (TPSA) is 54.0 Å². The van der Waals surface area contributed by atoms with Crippen molar-refractivity contribution in [1.82, 2.24) is 4.98 Å². The zero-order valence-corrected chi connectivity index (χ0v) is 17.8. The van der Waals surface area contributed by atoms with Gasteiger partial charge >= 0.3 is 6.18 Å². The Morgan fingerprint density at radius 3 is 2.67 bits per heavy atom.